The van der Waals surface area contributed by atoms with Crippen LogP contribution >= 0.6 is 0 Å². The molecule has 1 atom stereocenters. The minimum absolute atomic E-state index is 0.0776. The molecule has 1 saturated carbocycles. The second-order valence-corrected chi connectivity index (χ2v) is 6.79. The molecule has 0 bridgehead atoms. The van der Waals surface area contributed by atoms with Crippen molar-refractivity contribution >= 4 is 0 Å². The Morgan fingerprint density at radius 1 is 1.19 bits per heavy atom. The average Bonchev–Trinajstić information content (AvgIpc) is 2.91. The van der Waals surface area contributed by atoms with Gasteiger partial charge in [-0.05, 0) is 74.6 Å². The van der Waals surface area contributed by atoms with Crippen molar-refractivity contribution in [2.45, 2.75) is 69.9 Å². The number of fused-ring (bicyclic) bond motifs is 1. The number of rotatable bonds is 7. The third kappa shape index (κ3) is 3.02. The Labute approximate surface area is 129 Å². The van der Waals surface area contributed by atoms with Gasteiger partial charge in [0, 0.05) is 13.2 Å². The molecule has 0 saturated heterocycles. The third-order valence-corrected chi connectivity index (χ3v) is 5.48. The molecule has 2 heteroatoms. The van der Waals surface area contributed by atoms with E-state index in [-0.39, 0.29) is 5.60 Å². The van der Waals surface area contributed by atoms with Crippen LogP contribution in [0, 0.1) is 0 Å². The molecule has 1 fully saturated rings. The summed E-state index contributed by atoms with van der Waals surface area (Å²) in [5.41, 5.74) is 4.71. The molecule has 116 valence electrons. The average molecular weight is 287 g/mol. The van der Waals surface area contributed by atoms with Gasteiger partial charge in [-0.3, -0.25) is 0 Å². The zero-order chi connectivity index (χ0) is 14.7. The van der Waals surface area contributed by atoms with E-state index in [1.54, 1.807) is 11.1 Å². The van der Waals surface area contributed by atoms with Crippen LogP contribution in [0.25, 0.3) is 0 Å². The number of methoxy groups -OCH3 is 1. The standard InChI is InChI=1S/C19H29NO/c1-3-12-20-18(19(21-2)10-5-11-19)14-15-8-9-16-6-4-7-17(16)13-15/h8-9,13,18,20H,3-7,10-12,14H2,1-2H3. The predicted octanol–water partition coefficient (Wildman–Crippen LogP) is 3.66. The first-order valence-electron chi connectivity index (χ1n) is 8.66. The van der Waals surface area contributed by atoms with E-state index < -0.39 is 0 Å². The molecule has 2 aliphatic carbocycles. The van der Waals surface area contributed by atoms with Crippen LogP contribution in [-0.4, -0.2) is 25.3 Å². The Morgan fingerprint density at radius 2 is 2.00 bits per heavy atom. The minimum Gasteiger partial charge on any atom is -0.377 e. The minimum atomic E-state index is 0.0776. The Balaban J connectivity index is 1.74. The van der Waals surface area contributed by atoms with Gasteiger partial charge in [0.15, 0.2) is 0 Å². The summed E-state index contributed by atoms with van der Waals surface area (Å²) < 4.78 is 5.94. The molecule has 0 amide bonds. The van der Waals surface area contributed by atoms with Crippen molar-refractivity contribution in [2.75, 3.05) is 13.7 Å². The van der Waals surface area contributed by atoms with E-state index in [9.17, 15) is 0 Å². The molecule has 0 aliphatic heterocycles. The summed E-state index contributed by atoms with van der Waals surface area (Å²) in [5, 5.41) is 3.75. The highest BCUT2D eigenvalue weighted by molar-refractivity contribution is 5.35. The predicted molar refractivity (Wildman–Crippen MR) is 87.8 cm³/mol. The lowest BCUT2D eigenvalue weighted by molar-refractivity contribution is -0.0980. The van der Waals surface area contributed by atoms with E-state index in [0.29, 0.717) is 6.04 Å². The highest BCUT2D eigenvalue weighted by atomic mass is 16.5. The van der Waals surface area contributed by atoms with Crippen LogP contribution in [0.3, 0.4) is 0 Å². The van der Waals surface area contributed by atoms with Crippen molar-refractivity contribution in [1.29, 1.82) is 0 Å². The molecule has 1 aromatic rings. The first-order chi connectivity index (χ1) is 10.3. The van der Waals surface area contributed by atoms with Crippen LogP contribution in [0.15, 0.2) is 18.2 Å². The van der Waals surface area contributed by atoms with Crippen molar-refractivity contribution in [1.82, 2.24) is 5.32 Å². The molecule has 2 aliphatic rings. The van der Waals surface area contributed by atoms with Crippen molar-refractivity contribution in [2.24, 2.45) is 0 Å². The van der Waals surface area contributed by atoms with E-state index in [1.165, 1.54) is 50.5 Å². The number of aryl methyl sites for hydroxylation is 2. The number of hydrogen-bond donors (Lipinski definition) is 1. The van der Waals surface area contributed by atoms with E-state index in [0.717, 1.165) is 13.0 Å². The zero-order valence-electron chi connectivity index (χ0n) is 13.6. The molecule has 0 aromatic heterocycles. The van der Waals surface area contributed by atoms with Crippen LogP contribution in [0.2, 0.25) is 0 Å². The number of nitrogens with one attached hydrogen (secondary N) is 1. The zero-order valence-corrected chi connectivity index (χ0v) is 13.6. The van der Waals surface area contributed by atoms with Crippen molar-refractivity contribution in [3.05, 3.63) is 34.9 Å². The first-order valence-corrected chi connectivity index (χ1v) is 8.66. The van der Waals surface area contributed by atoms with Gasteiger partial charge >= 0.3 is 0 Å². The number of benzene rings is 1. The second-order valence-electron chi connectivity index (χ2n) is 6.79. The van der Waals surface area contributed by atoms with Crippen LogP contribution in [0.5, 0.6) is 0 Å². The summed E-state index contributed by atoms with van der Waals surface area (Å²) in [6, 6.07) is 7.60. The third-order valence-electron chi connectivity index (χ3n) is 5.48. The molecule has 0 radical (unpaired) electrons. The fourth-order valence-corrected chi connectivity index (χ4v) is 3.97. The molecular formula is C19H29NO. The lowest BCUT2D eigenvalue weighted by Gasteiger charge is -2.47. The van der Waals surface area contributed by atoms with Crippen LogP contribution < -0.4 is 5.32 Å². The van der Waals surface area contributed by atoms with Crippen LogP contribution in [0.4, 0.5) is 0 Å². The highest BCUT2D eigenvalue weighted by Crippen LogP contribution is 2.39. The monoisotopic (exact) mass is 287 g/mol. The molecule has 1 N–H and O–H groups in total. The van der Waals surface area contributed by atoms with E-state index in [1.807, 2.05) is 7.11 Å². The summed E-state index contributed by atoms with van der Waals surface area (Å²) in [7, 11) is 1.89. The van der Waals surface area contributed by atoms with Gasteiger partial charge in [-0.1, -0.05) is 25.1 Å². The number of ether oxygens (including phenoxy) is 1. The summed E-state index contributed by atoms with van der Waals surface area (Å²) in [6.07, 6.45) is 9.87. The molecule has 21 heavy (non-hydrogen) atoms. The lowest BCUT2D eigenvalue weighted by atomic mass is 9.72. The van der Waals surface area contributed by atoms with Gasteiger partial charge in [-0.25, -0.2) is 0 Å². The van der Waals surface area contributed by atoms with Crippen molar-refractivity contribution in [3.63, 3.8) is 0 Å². The quantitative estimate of drug-likeness (QED) is 0.826. The Kier molecular flexibility index (Phi) is 4.66. The highest BCUT2D eigenvalue weighted by Gasteiger charge is 2.44. The fraction of sp³-hybridized carbons (Fsp3) is 0.684. The molecule has 3 rings (SSSR count). The fourth-order valence-electron chi connectivity index (χ4n) is 3.97. The first kappa shape index (κ1) is 15.1. The van der Waals surface area contributed by atoms with E-state index in [2.05, 4.69) is 30.4 Å². The number of hydrogen-bond acceptors (Lipinski definition) is 2. The van der Waals surface area contributed by atoms with Crippen molar-refractivity contribution < 1.29 is 4.74 Å². The summed E-state index contributed by atoms with van der Waals surface area (Å²) >= 11 is 0. The Morgan fingerprint density at radius 3 is 2.67 bits per heavy atom. The van der Waals surface area contributed by atoms with Gasteiger partial charge < -0.3 is 10.1 Å². The van der Waals surface area contributed by atoms with Crippen LogP contribution in [-0.2, 0) is 24.0 Å². The molecule has 1 unspecified atom stereocenters. The van der Waals surface area contributed by atoms with Gasteiger partial charge in [0.1, 0.15) is 0 Å². The van der Waals surface area contributed by atoms with Gasteiger partial charge in [-0.2, -0.15) is 0 Å². The molecular weight excluding hydrogens is 258 g/mol. The smallest absolute Gasteiger partial charge is 0.0834 e. The Hall–Kier alpha value is -0.860. The molecule has 0 spiro atoms. The van der Waals surface area contributed by atoms with Gasteiger partial charge in [0.2, 0.25) is 0 Å². The lowest BCUT2D eigenvalue weighted by Crippen LogP contribution is -2.57. The topological polar surface area (TPSA) is 21.3 Å². The second kappa shape index (κ2) is 6.50. The summed E-state index contributed by atoms with van der Waals surface area (Å²) in [6.45, 7) is 3.32. The normalized spacial score (nSPS) is 20.9. The summed E-state index contributed by atoms with van der Waals surface area (Å²) in [4.78, 5) is 0. The Bertz CT molecular complexity index is 473. The molecule has 0 heterocycles. The molecule has 1 aromatic carbocycles. The van der Waals surface area contributed by atoms with Gasteiger partial charge in [0.25, 0.3) is 0 Å². The van der Waals surface area contributed by atoms with Crippen LogP contribution in [0.1, 0.15) is 55.7 Å². The van der Waals surface area contributed by atoms with Crippen molar-refractivity contribution in [3.8, 4) is 0 Å². The maximum Gasteiger partial charge on any atom is 0.0834 e. The largest absolute Gasteiger partial charge is 0.377 e. The van der Waals surface area contributed by atoms with E-state index in [4.69, 9.17) is 4.74 Å². The van der Waals surface area contributed by atoms with Gasteiger partial charge in [0.05, 0.1) is 5.60 Å². The maximum absolute atomic E-state index is 5.94. The summed E-state index contributed by atoms with van der Waals surface area (Å²) in [5.74, 6) is 0. The molecule has 2 nitrogen and oxygen atoms in total. The maximum atomic E-state index is 5.94. The van der Waals surface area contributed by atoms with Gasteiger partial charge in [-0.15, -0.1) is 0 Å². The van der Waals surface area contributed by atoms with E-state index >= 15 is 0 Å². The SMILES string of the molecule is CCCNC(Cc1ccc2c(c1)CCC2)C1(OC)CCC1.